The predicted molar refractivity (Wildman–Crippen MR) is 126 cm³/mol. The number of hydrogen-bond donors (Lipinski definition) is 1. The fourth-order valence-corrected chi connectivity index (χ4v) is 5.54. The van der Waals surface area contributed by atoms with E-state index in [-0.39, 0.29) is 29.6 Å². The molecule has 32 heavy (non-hydrogen) atoms. The number of imide groups is 1. The van der Waals surface area contributed by atoms with Crippen molar-refractivity contribution in [1.82, 2.24) is 4.98 Å². The van der Waals surface area contributed by atoms with Crippen molar-refractivity contribution in [2.45, 2.75) is 38.0 Å². The summed E-state index contributed by atoms with van der Waals surface area (Å²) in [5.41, 5.74) is 2.16. The van der Waals surface area contributed by atoms with Gasteiger partial charge in [-0.15, -0.1) is 11.3 Å². The molecular weight excluding hydrogens is 422 g/mol. The third-order valence-corrected chi connectivity index (χ3v) is 7.24. The van der Waals surface area contributed by atoms with Gasteiger partial charge >= 0.3 is 0 Å². The van der Waals surface area contributed by atoms with Gasteiger partial charge in [-0.1, -0.05) is 24.3 Å². The van der Waals surface area contributed by atoms with Crippen molar-refractivity contribution < 1.29 is 14.4 Å². The number of piperidine rings is 1. The molecule has 2 atom stereocenters. The predicted octanol–water partition coefficient (Wildman–Crippen LogP) is 5.03. The number of amides is 3. The highest BCUT2D eigenvalue weighted by Gasteiger charge is 2.32. The molecule has 2 aromatic carbocycles. The molecule has 2 aliphatic rings. The Morgan fingerprint density at radius 3 is 2.44 bits per heavy atom. The van der Waals surface area contributed by atoms with E-state index in [9.17, 15) is 14.4 Å². The van der Waals surface area contributed by atoms with E-state index in [0.29, 0.717) is 37.1 Å². The molecule has 1 aliphatic heterocycles. The van der Waals surface area contributed by atoms with Gasteiger partial charge in [0.1, 0.15) is 0 Å². The summed E-state index contributed by atoms with van der Waals surface area (Å²) in [6, 6.07) is 15.0. The van der Waals surface area contributed by atoms with Gasteiger partial charge in [0.05, 0.1) is 26.8 Å². The Kier molecular flexibility index (Phi) is 5.57. The maximum Gasteiger partial charge on any atom is 0.233 e. The summed E-state index contributed by atoms with van der Waals surface area (Å²) in [5, 5.41) is 4.01. The quantitative estimate of drug-likeness (QED) is 0.451. The summed E-state index contributed by atoms with van der Waals surface area (Å²) in [4.78, 5) is 43.5. The summed E-state index contributed by atoms with van der Waals surface area (Å²) >= 11 is 1.66. The molecule has 5 rings (SSSR count). The van der Waals surface area contributed by atoms with E-state index < -0.39 is 0 Å². The Morgan fingerprint density at radius 2 is 1.69 bits per heavy atom. The second-order valence-electron chi connectivity index (χ2n) is 8.19. The zero-order valence-corrected chi connectivity index (χ0v) is 18.3. The number of aromatic nitrogens is 1. The molecular formula is C25H23N3O3S. The second kappa shape index (κ2) is 8.67. The SMILES string of the molecule is O=C(Nc1ccc(N2C(=O)CCCC2=O)cc1)C1CC=CCC1c1nc2ccccc2s1. The van der Waals surface area contributed by atoms with Crippen molar-refractivity contribution in [3.8, 4) is 0 Å². The number of para-hydroxylation sites is 1. The fourth-order valence-electron chi connectivity index (χ4n) is 4.40. The van der Waals surface area contributed by atoms with Crippen molar-refractivity contribution in [3.05, 3.63) is 65.7 Å². The maximum absolute atomic E-state index is 13.2. The molecule has 3 amide bonds. The van der Waals surface area contributed by atoms with E-state index >= 15 is 0 Å². The number of anilines is 2. The van der Waals surface area contributed by atoms with Crippen molar-refractivity contribution >= 4 is 50.6 Å². The van der Waals surface area contributed by atoms with E-state index in [4.69, 9.17) is 4.98 Å². The number of hydrogen-bond acceptors (Lipinski definition) is 5. The summed E-state index contributed by atoms with van der Waals surface area (Å²) in [7, 11) is 0. The third-order valence-electron chi connectivity index (χ3n) is 6.07. The molecule has 7 heteroatoms. The van der Waals surface area contributed by atoms with E-state index in [1.165, 1.54) is 4.90 Å². The lowest BCUT2D eigenvalue weighted by Crippen LogP contribution is -2.40. The lowest BCUT2D eigenvalue weighted by Gasteiger charge is -2.26. The average molecular weight is 446 g/mol. The van der Waals surface area contributed by atoms with Crippen LogP contribution in [-0.4, -0.2) is 22.7 Å². The molecule has 0 radical (unpaired) electrons. The van der Waals surface area contributed by atoms with Gasteiger partial charge < -0.3 is 5.32 Å². The number of rotatable bonds is 4. The monoisotopic (exact) mass is 445 g/mol. The summed E-state index contributed by atoms with van der Waals surface area (Å²) in [6.45, 7) is 0. The van der Waals surface area contributed by atoms with E-state index in [1.807, 2.05) is 18.2 Å². The van der Waals surface area contributed by atoms with E-state index in [2.05, 4.69) is 23.5 Å². The van der Waals surface area contributed by atoms with Gasteiger partial charge in [0, 0.05) is 24.4 Å². The Labute approximate surface area is 190 Å². The molecule has 3 aromatic rings. The molecule has 2 heterocycles. The minimum absolute atomic E-state index is 0.0419. The van der Waals surface area contributed by atoms with Crippen molar-refractivity contribution in [2.24, 2.45) is 5.92 Å². The van der Waals surface area contributed by atoms with Gasteiger partial charge in [-0.05, 0) is 55.7 Å². The summed E-state index contributed by atoms with van der Waals surface area (Å²) in [6.07, 6.45) is 7.01. The minimum atomic E-state index is -0.203. The number of allylic oxidation sites excluding steroid dienone is 2. The molecule has 6 nitrogen and oxygen atoms in total. The molecule has 1 fully saturated rings. The van der Waals surface area contributed by atoms with Gasteiger partial charge in [-0.3, -0.25) is 19.3 Å². The highest BCUT2D eigenvalue weighted by atomic mass is 32.1. The van der Waals surface area contributed by atoms with E-state index in [0.717, 1.165) is 21.6 Å². The first-order valence-electron chi connectivity index (χ1n) is 10.9. The second-order valence-corrected chi connectivity index (χ2v) is 9.25. The largest absolute Gasteiger partial charge is 0.326 e. The summed E-state index contributed by atoms with van der Waals surface area (Å²) < 4.78 is 1.13. The first-order valence-corrected chi connectivity index (χ1v) is 11.7. The smallest absolute Gasteiger partial charge is 0.233 e. The van der Waals surface area contributed by atoms with Crippen LogP contribution in [0, 0.1) is 5.92 Å². The van der Waals surface area contributed by atoms with Crippen LogP contribution in [0.25, 0.3) is 10.2 Å². The lowest BCUT2D eigenvalue weighted by atomic mass is 9.82. The van der Waals surface area contributed by atoms with Gasteiger partial charge in [0.25, 0.3) is 0 Å². The van der Waals surface area contributed by atoms with Crippen LogP contribution in [0.15, 0.2) is 60.7 Å². The molecule has 1 saturated heterocycles. The van der Waals surface area contributed by atoms with Crippen LogP contribution < -0.4 is 10.2 Å². The molecule has 1 N–H and O–H groups in total. The lowest BCUT2D eigenvalue weighted by molar-refractivity contribution is -0.129. The van der Waals surface area contributed by atoms with Crippen molar-refractivity contribution in [3.63, 3.8) is 0 Å². The fraction of sp³-hybridized carbons (Fsp3) is 0.280. The number of nitrogens with zero attached hydrogens (tertiary/aromatic N) is 2. The first kappa shape index (κ1) is 20.6. The molecule has 0 bridgehead atoms. The molecule has 1 aliphatic carbocycles. The normalized spacial score (nSPS) is 21.2. The van der Waals surface area contributed by atoms with Crippen molar-refractivity contribution in [2.75, 3.05) is 10.2 Å². The molecule has 0 spiro atoms. The Balaban J connectivity index is 1.32. The molecule has 0 saturated carbocycles. The van der Waals surface area contributed by atoms with Crippen LogP contribution in [0.1, 0.15) is 43.0 Å². The number of carbonyl (C=O) groups excluding carboxylic acids is 3. The number of fused-ring (bicyclic) bond motifs is 1. The highest BCUT2D eigenvalue weighted by Crippen LogP contribution is 2.39. The van der Waals surface area contributed by atoms with Crippen LogP contribution in [-0.2, 0) is 14.4 Å². The summed E-state index contributed by atoms with van der Waals surface area (Å²) in [5.74, 6) is -0.557. The number of thiazole rings is 1. The van der Waals surface area contributed by atoms with Crippen LogP contribution in [0.2, 0.25) is 0 Å². The first-order chi connectivity index (χ1) is 15.6. The average Bonchev–Trinajstić information content (AvgIpc) is 3.24. The third kappa shape index (κ3) is 3.96. The van der Waals surface area contributed by atoms with Gasteiger partial charge in [0.2, 0.25) is 17.7 Å². The Bertz CT molecular complexity index is 1170. The van der Waals surface area contributed by atoms with E-state index in [1.54, 1.807) is 35.6 Å². The molecule has 1 aromatic heterocycles. The molecule has 162 valence electrons. The van der Waals surface area contributed by atoms with Crippen LogP contribution in [0.5, 0.6) is 0 Å². The highest BCUT2D eigenvalue weighted by molar-refractivity contribution is 7.18. The topological polar surface area (TPSA) is 79.4 Å². The maximum atomic E-state index is 13.2. The number of benzene rings is 2. The number of nitrogens with one attached hydrogen (secondary N) is 1. The van der Waals surface area contributed by atoms with Gasteiger partial charge in [0.15, 0.2) is 0 Å². The zero-order valence-electron chi connectivity index (χ0n) is 17.5. The molecule has 2 unspecified atom stereocenters. The van der Waals surface area contributed by atoms with Gasteiger partial charge in [-0.25, -0.2) is 4.98 Å². The van der Waals surface area contributed by atoms with Crippen LogP contribution in [0.4, 0.5) is 11.4 Å². The Hall–Kier alpha value is -3.32. The van der Waals surface area contributed by atoms with Crippen LogP contribution >= 0.6 is 11.3 Å². The standard InChI is InChI=1S/C25H23N3O3S/c29-22-10-5-11-23(30)28(22)17-14-12-16(13-15-17)26-24(31)18-6-1-2-7-19(18)25-27-20-8-3-4-9-21(20)32-25/h1-4,8-9,12-15,18-19H,5-7,10-11H2,(H,26,31). The number of carbonyl (C=O) groups is 3. The minimum Gasteiger partial charge on any atom is -0.326 e. The van der Waals surface area contributed by atoms with Crippen LogP contribution in [0.3, 0.4) is 0 Å². The van der Waals surface area contributed by atoms with Crippen molar-refractivity contribution in [1.29, 1.82) is 0 Å². The zero-order chi connectivity index (χ0) is 22.1. The van der Waals surface area contributed by atoms with Gasteiger partial charge in [-0.2, -0.15) is 0 Å². The Morgan fingerprint density at radius 1 is 0.969 bits per heavy atom.